The normalized spacial score (nSPS) is 22.6. The summed E-state index contributed by atoms with van der Waals surface area (Å²) in [6.07, 6.45) is 3.44. The van der Waals surface area contributed by atoms with E-state index < -0.39 is 6.10 Å². The molecule has 2 aromatic rings. The zero-order chi connectivity index (χ0) is 19.6. The first-order valence-corrected chi connectivity index (χ1v) is 9.92. The number of carbonyl (C=O) groups is 1. The van der Waals surface area contributed by atoms with Crippen LogP contribution in [-0.2, 0) is 16.0 Å². The number of ether oxygens (including phenoxy) is 1. The molecule has 4 rings (SSSR count). The largest absolute Gasteiger partial charge is 0.360 e. The van der Waals surface area contributed by atoms with Crippen LogP contribution < -0.4 is 4.90 Å². The molecule has 1 atom stereocenters. The number of anilines is 1. The lowest BCUT2D eigenvalue weighted by Crippen LogP contribution is -2.61. The molecule has 6 heteroatoms. The molecular formula is C22H26FN3O2. The molecule has 1 amide bonds. The molecule has 5 nitrogen and oxygen atoms in total. The summed E-state index contributed by atoms with van der Waals surface area (Å²) in [5.74, 6) is -0.272. The highest BCUT2D eigenvalue weighted by molar-refractivity contribution is 5.97. The second kappa shape index (κ2) is 7.97. The molecule has 2 aliphatic heterocycles. The smallest absolute Gasteiger partial charge is 0.255 e. The lowest BCUT2D eigenvalue weighted by atomic mass is 9.88. The Labute approximate surface area is 165 Å². The first-order chi connectivity index (χ1) is 13.5. The average molecular weight is 383 g/mol. The van der Waals surface area contributed by atoms with Crippen molar-refractivity contribution >= 4 is 11.6 Å². The van der Waals surface area contributed by atoms with Gasteiger partial charge in [-0.05, 0) is 44.0 Å². The maximum atomic E-state index is 13.0. The number of rotatable bonds is 4. The number of piperidine rings is 1. The first kappa shape index (κ1) is 19.0. The molecular weight excluding hydrogens is 357 g/mol. The van der Waals surface area contributed by atoms with Gasteiger partial charge in [-0.2, -0.15) is 0 Å². The van der Waals surface area contributed by atoms with Gasteiger partial charge in [0.05, 0.1) is 18.3 Å². The summed E-state index contributed by atoms with van der Waals surface area (Å²) in [6.45, 7) is 5.19. The summed E-state index contributed by atoms with van der Waals surface area (Å²) in [5.41, 5.74) is 1.56. The minimum atomic E-state index is -0.427. The molecule has 1 spiro atoms. The van der Waals surface area contributed by atoms with E-state index in [9.17, 15) is 9.18 Å². The summed E-state index contributed by atoms with van der Waals surface area (Å²) in [6, 6.07) is 13.0. The quantitative estimate of drug-likeness (QED) is 0.814. The number of pyridine rings is 1. The van der Waals surface area contributed by atoms with Gasteiger partial charge >= 0.3 is 0 Å². The van der Waals surface area contributed by atoms with Crippen molar-refractivity contribution in [2.24, 2.45) is 0 Å². The van der Waals surface area contributed by atoms with Crippen LogP contribution in [0, 0.1) is 5.82 Å². The van der Waals surface area contributed by atoms with Crippen LogP contribution in [0.3, 0.4) is 0 Å². The maximum absolute atomic E-state index is 13.0. The third-order valence-electron chi connectivity index (χ3n) is 5.79. The Morgan fingerprint density at radius 2 is 1.93 bits per heavy atom. The standard InChI is InChI=1S/C22H26FN3O2/c1-17-21(27)26(20-5-3-2-4-6-20)16-22(28-17)10-13-25(14-11-22)12-9-19-8-7-18(23)15-24-19/h2-8,15,17H,9-14,16H2,1H3. The fourth-order valence-electron chi connectivity index (χ4n) is 4.16. The molecule has 2 saturated heterocycles. The number of carbonyl (C=O) groups excluding carboxylic acids is 1. The van der Waals surface area contributed by atoms with Crippen molar-refractivity contribution in [1.29, 1.82) is 0 Å². The molecule has 3 heterocycles. The first-order valence-electron chi connectivity index (χ1n) is 9.92. The molecule has 0 aliphatic carbocycles. The third kappa shape index (κ3) is 4.08. The predicted molar refractivity (Wildman–Crippen MR) is 106 cm³/mol. The van der Waals surface area contributed by atoms with Gasteiger partial charge in [-0.3, -0.25) is 9.78 Å². The summed E-state index contributed by atoms with van der Waals surface area (Å²) in [4.78, 5) is 21.1. The zero-order valence-electron chi connectivity index (χ0n) is 16.2. The maximum Gasteiger partial charge on any atom is 0.255 e. The van der Waals surface area contributed by atoms with Gasteiger partial charge in [-0.25, -0.2) is 4.39 Å². The minimum absolute atomic E-state index is 0.0293. The Bertz CT molecular complexity index is 804. The van der Waals surface area contributed by atoms with Crippen molar-refractivity contribution < 1.29 is 13.9 Å². The highest BCUT2D eigenvalue weighted by Crippen LogP contribution is 2.34. The van der Waals surface area contributed by atoms with Crippen molar-refractivity contribution in [3.05, 3.63) is 60.2 Å². The lowest BCUT2D eigenvalue weighted by molar-refractivity contribution is -0.161. The number of morpholine rings is 1. The van der Waals surface area contributed by atoms with Crippen LogP contribution in [0.2, 0.25) is 0 Å². The van der Waals surface area contributed by atoms with Crippen molar-refractivity contribution in [1.82, 2.24) is 9.88 Å². The highest BCUT2D eigenvalue weighted by Gasteiger charge is 2.45. The van der Waals surface area contributed by atoms with E-state index >= 15 is 0 Å². The number of amides is 1. The number of nitrogens with zero attached hydrogens (tertiary/aromatic N) is 3. The van der Waals surface area contributed by atoms with E-state index in [1.54, 1.807) is 6.07 Å². The predicted octanol–water partition coefficient (Wildman–Crippen LogP) is 3.05. The van der Waals surface area contributed by atoms with Gasteiger partial charge in [0.15, 0.2) is 0 Å². The Morgan fingerprint density at radius 3 is 2.61 bits per heavy atom. The number of aromatic nitrogens is 1. The monoisotopic (exact) mass is 383 g/mol. The molecule has 0 bridgehead atoms. The number of para-hydroxylation sites is 1. The van der Waals surface area contributed by atoms with Gasteiger partial charge in [-0.1, -0.05) is 18.2 Å². The van der Waals surface area contributed by atoms with E-state index in [0.29, 0.717) is 6.54 Å². The molecule has 1 aromatic heterocycles. The number of hydrogen-bond donors (Lipinski definition) is 0. The molecule has 2 fully saturated rings. The molecule has 28 heavy (non-hydrogen) atoms. The summed E-state index contributed by atoms with van der Waals surface area (Å²) < 4.78 is 19.2. The fraction of sp³-hybridized carbons (Fsp3) is 0.455. The van der Waals surface area contributed by atoms with Crippen LogP contribution in [0.1, 0.15) is 25.5 Å². The van der Waals surface area contributed by atoms with Crippen molar-refractivity contribution in [2.45, 2.75) is 37.9 Å². The molecule has 0 saturated carbocycles. The Kier molecular flexibility index (Phi) is 5.42. The minimum Gasteiger partial charge on any atom is -0.360 e. The molecule has 0 radical (unpaired) electrons. The van der Waals surface area contributed by atoms with Crippen molar-refractivity contribution in [2.75, 3.05) is 31.1 Å². The van der Waals surface area contributed by atoms with Crippen LogP contribution in [0.25, 0.3) is 0 Å². The average Bonchev–Trinajstić information content (AvgIpc) is 2.72. The van der Waals surface area contributed by atoms with Crippen LogP contribution in [0.4, 0.5) is 10.1 Å². The van der Waals surface area contributed by atoms with E-state index in [1.807, 2.05) is 42.2 Å². The second-order valence-corrected chi connectivity index (χ2v) is 7.76. The van der Waals surface area contributed by atoms with Gasteiger partial charge in [0, 0.05) is 37.4 Å². The molecule has 1 unspecified atom stereocenters. The van der Waals surface area contributed by atoms with Crippen LogP contribution in [-0.4, -0.2) is 53.7 Å². The number of benzene rings is 1. The summed E-state index contributed by atoms with van der Waals surface area (Å²) in [7, 11) is 0. The highest BCUT2D eigenvalue weighted by atomic mass is 19.1. The van der Waals surface area contributed by atoms with Crippen molar-refractivity contribution in [3.63, 3.8) is 0 Å². The van der Waals surface area contributed by atoms with Gasteiger partial charge in [0.2, 0.25) is 0 Å². The topological polar surface area (TPSA) is 45.7 Å². The van der Waals surface area contributed by atoms with Gasteiger partial charge in [0.1, 0.15) is 11.9 Å². The summed E-state index contributed by atoms with van der Waals surface area (Å²) >= 11 is 0. The van der Waals surface area contributed by atoms with Gasteiger partial charge < -0.3 is 14.5 Å². The SMILES string of the molecule is CC1OC2(CCN(CCc3ccc(F)cn3)CC2)CN(c2ccccc2)C1=O. The molecule has 1 aromatic carbocycles. The lowest BCUT2D eigenvalue weighted by Gasteiger charge is -2.49. The summed E-state index contributed by atoms with van der Waals surface area (Å²) in [5, 5.41) is 0. The Morgan fingerprint density at radius 1 is 1.18 bits per heavy atom. The van der Waals surface area contributed by atoms with Crippen LogP contribution in [0.15, 0.2) is 48.7 Å². The fourth-order valence-corrected chi connectivity index (χ4v) is 4.16. The van der Waals surface area contributed by atoms with Crippen LogP contribution in [0.5, 0.6) is 0 Å². The Hall–Kier alpha value is -2.31. The van der Waals surface area contributed by atoms with E-state index in [0.717, 1.165) is 50.3 Å². The molecule has 148 valence electrons. The van der Waals surface area contributed by atoms with Gasteiger partial charge in [-0.15, -0.1) is 0 Å². The van der Waals surface area contributed by atoms with Crippen molar-refractivity contribution in [3.8, 4) is 0 Å². The van der Waals surface area contributed by atoms with Crippen LogP contribution >= 0.6 is 0 Å². The van der Waals surface area contributed by atoms with E-state index in [4.69, 9.17) is 4.74 Å². The number of halogens is 1. The Balaban J connectivity index is 1.37. The van der Waals surface area contributed by atoms with E-state index in [-0.39, 0.29) is 17.3 Å². The number of likely N-dealkylation sites (tertiary alicyclic amines) is 1. The number of hydrogen-bond acceptors (Lipinski definition) is 4. The van der Waals surface area contributed by atoms with E-state index in [2.05, 4.69) is 9.88 Å². The van der Waals surface area contributed by atoms with E-state index in [1.165, 1.54) is 12.3 Å². The third-order valence-corrected chi connectivity index (χ3v) is 5.79. The second-order valence-electron chi connectivity index (χ2n) is 7.76. The molecule has 0 N–H and O–H groups in total. The zero-order valence-corrected chi connectivity index (χ0v) is 16.2. The molecule has 2 aliphatic rings. The van der Waals surface area contributed by atoms with Gasteiger partial charge in [0.25, 0.3) is 5.91 Å².